The summed E-state index contributed by atoms with van der Waals surface area (Å²) in [5.74, 6) is 1.61. The highest BCUT2D eigenvalue weighted by Crippen LogP contribution is 2.27. The van der Waals surface area contributed by atoms with E-state index in [4.69, 9.17) is 15.2 Å². The molecule has 0 aliphatic rings. The number of halogens is 2. The van der Waals surface area contributed by atoms with Crippen LogP contribution in [0.15, 0.2) is 51.4 Å². The second kappa shape index (κ2) is 7.82. The van der Waals surface area contributed by atoms with Crippen LogP contribution in [0.5, 0.6) is 11.5 Å². The number of hydrogen-bond acceptors (Lipinski definition) is 3. The van der Waals surface area contributed by atoms with Crippen LogP contribution in [0.25, 0.3) is 0 Å². The van der Waals surface area contributed by atoms with Crippen molar-refractivity contribution in [2.75, 3.05) is 13.2 Å². The fourth-order valence-corrected chi connectivity index (χ4v) is 2.63. The molecule has 0 unspecified atom stereocenters. The molecule has 0 amide bonds. The van der Waals surface area contributed by atoms with Gasteiger partial charge in [-0.05, 0) is 43.3 Å². The summed E-state index contributed by atoms with van der Waals surface area (Å²) < 4.78 is 13.4. The third-order valence-electron chi connectivity index (χ3n) is 2.87. The normalized spacial score (nSPS) is 12.0. The molecule has 0 spiro atoms. The smallest absolute Gasteiger partial charge is 0.124 e. The number of rotatable bonds is 6. The zero-order chi connectivity index (χ0) is 15.2. The van der Waals surface area contributed by atoms with Gasteiger partial charge in [-0.15, -0.1) is 0 Å². The maximum atomic E-state index is 5.96. The molecule has 21 heavy (non-hydrogen) atoms. The Balaban J connectivity index is 1.89. The molecule has 3 nitrogen and oxygen atoms in total. The van der Waals surface area contributed by atoms with Gasteiger partial charge in [-0.1, -0.05) is 37.9 Å². The fraction of sp³-hybridized carbons (Fsp3) is 0.250. The van der Waals surface area contributed by atoms with Gasteiger partial charge in [0.15, 0.2) is 0 Å². The average Bonchev–Trinajstić information content (AvgIpc) is 2.44. The van der Waals surface area contributed by atoms with Crippen molar-refractivity contribution in [2.24, 2.45) is 5.73 Å². The van der Waals surface area contributed by atoms with Crippen LogP contribution in [0, 0.1) is 0 Å². The standard InChI is InChI=1S/C16H17Br2NO2/c1-11(19)15-10-13(18)5-6-16(15)21-8-7-20-14-4-2-3-12(17)9-14/h2-6,9-11H,7-8,19H2,1H3/t11-/m0/s1. The van der Waals surface area contributed by atoms with Crippen molar-refractivity contribution < 1.29 is 9.47 Å². The zero-order valence-corrected chi connectivity index (χ0v) is 14.9. The van der Waals surface area contributed by atoms with Gasteiger partial charge in [0, 0.05) is 20.6 Å². The van der Waals surface area contributed by atoms with E-state index < -0.39 is 0 Å². The molecule has 0 aliphatic carbocycles. The molecular formula is C16H17Br2NO2. The largest absolute Gasteiger partial charge is 0.490 e. The molecule has 0 radical (unpaired) electrons. The first-order valence-corrected chi connectivity index (χ1v) is 8.21. The van der Waals surface area contributed by atoms with Crippen molar-refractivity contribution in [1.82, 2.24) is 0 Å². The lowest BCUT2D eigenvalue weighted by Gasteiger charge is -2.15. The first kappa shape index (κ1) is 16.3. The number of hydrogen-bond donors (Lipinski definition) is 1. The predicted octanol–water partition coefficient (Wildman–Crippen LogP) is 4.69. The van der Waals surface area contributed by atoms with Crippen molar-refractivity contribution in [3.63, 3.8) is 0 Å². The van der Waals surface area contributed by atoms with Crippen molar-refractivity contribution >= 4 is 31.9 Å². The first-order valence-electron chi connectivity index (χ1n) is 6.62. The molecule has 0 saturated heterocycles. The van der Waals surface area contributed by atoms with E-state index in [1.807, 2.05) is 49.4 Å². The van der Waals surface area contributed by atoms with Crippen LogP contribution < -0.4 is 15.2 Å². The Morgan fingerprint density at radius 2 is 1.71 bits per heavy atom. The lowest BCUT2D eigenvalue weighted by Crippen LogP contribution is -2.12. The molecule has 0 bridgehead atoms. The Labute approximate surface area is 141 Å². The summed E-state index contributed by atoms with van der Waals surface area (Å²) in [7, 11) is 0. The maximum Gasteiger partial charge on any atom is 0.124 e. The van der Waals surface area contributed by atoms with E-state index in [2.05, 4.69) is 31.9 Å². The van der Waals surface area contributed by atoms with Gasteiger partial charge in [-0.25, -0.2) is 0 Å². The summed E-state index contributed by atoms with van der Waals surface area (Å²) in [6, 6.07) is 13.5. The van der Waals surface area contributed by atoms with Gasteiger partial charge in [0.2, 0.25) is 0 Å². The minimum absolute atomic E-state index is 0.0801. The van der Waals surface area contributed by atoms with E-state index in [1.54, 1.807) is 0 Å². The van der Waals surface area contributed by atoms with Crippen molar-refractivity contribution in [3.05, 3.63) is 57.0 Å². The Bertz CT molecular complexity index is 603. The minimum Gasteiger partial charge on any atom is -0.490 e. The van der Waals surface area contributed by atoms with E-state index >= 15 is 0 Å². The van der Waals surface area contributed by atoms with Crippen molar-refractivity contribution in [2.45, 2.75) is 13.0 Å². The Morgan fingerprint density at radius 1 is 1.00 bits per heavy atom. The van der Waals surface area contributed by atoms with Crippen LogP contribution in [0.2, 0.25) is 0 Å². The van der Waals surface area contributed by atoms with E-state index in [-0.39, 0.29) is 6.04 Å². The number of nitrogens with two attached hydrogens (primary N) is 1. The molecule has 112 valence electrons. The Kier molecular flexibility index (Phi) is 6.08. The third-order valence-corrected chi connectivity index (χ3v) is 3.85. The minimum atomic E-state index is -0.0801. The van der Waals surface area contributed by atoms with E-state index in [1.165, 1.54) is 0 Å². The van der Waals surface area contributed by atoms with Gasteiger partial charge >= 0.3 is 0 Å². The van der Waals surface area contributed by atoms with Crippen LogP contribution in [-0.2, 0) is 0 Å². The summed E-state index contributed by atoms with van der Waals surface area (Å²) in [4.78, 5) is 0. The van der Waals surface area contributed by atoms with E-state index in [9.17, 15) is 0 Å². The van der Waals surface area contributed by atoms with Crippen LogP contribution in [-0.4, -0.2) is 13.2 Å². The van der Waals surface area contributed by atoms with Gasteiger partial charge < -0.3 is 15.2 Å². The molecule has 2 rings (SSSR count). The first-order chi connectivity index (χ1) is 10.1. The topological polar surface area (TPSA) is 44.5 Å². The monoisotopic (exact) mass is 413 g/mol. The highest BCUT2D eigenvalue weighted by molar-refractivity contribution is 9.10. The SMILES string of the molecule is C[C@H](N)c1cc(Br)ccc1OCCOc1cccc(Br)c1. The quantitative estimate of drug-likeness (QED) is 0.697. The summed E-state index contributed by atoms with van der Waals surface area (Å²) in [5, 5.41) is 0. The fourth-order valence-electron chi connectivity index (χ4n) is 1.87. The third kappa shape index (κ3) is 5.02. The second-order valence-electron chi connectivity index (χ2n) is 4.63. The predicted molar refractivity (Wildman–Crippen MR) is 91.9 cm³/mol. The van der Waals surface area contributed by atoms with Gasteiger partial charge in [-0.3, -0.25) is 0 Å². The Hall–Kier alpha value is -1.04. The van der Waals surface area contributed by atoms with Crippen molar-refractivity contribution in [3.8, 4) is 11.5 Å². The summed E-state index contributed by atoms with van der Waals surface area (Å²) in [6.45, 7) is 2.88. The highest BCUT2D eigenvalue weighted by atomic mass is 79.9. The lowest BCUT2D eigenvalue weighted by atomic mass is 10.1. The molecule has 0 aromatic heterocycles. The van der Waals surface area contributed by atoms with Gasteiger partial charge in [0.05, 0.1) is 0 Å². The zero-order valence-electron chi connectivity index (χ0n) is 11.7. The van der Waals surface area contributed by atoms with Crippen LogP contribution in [0.4, 0.5) is 0 Å². The molecule has 1 atom stereocenters. The molecule has 2 aromatic rings. The van der Waals surface area contributed by atoms with Gasteiger partial charge in [0.25, 0.3) is 0 Å². The van der Waals surface area contributed by atoms with E-state index in [0.717, 1.165) is 26.0 Å². The molecule has 2 N–H and O–H groups in total. The molecule has 0 aliphatic heterocycles. The van der Waals surface area contributed by atoms with Gasteiger partial charge in [0.1, 0.15) is 24.7 Å². The Morgan fingerprint density at radius 3 is 2.43 bits per heavy atom. The summed E-state index contributed by atoms with van der Waals surface area (Å²) in [6.07, 6.45) is 0. The van der Waals surface area contributed by atoms with E-state index in [0.29, 0.717) is 13.2 Å². The average molecular weight is 415 g/mol. The van der Waals surface area contributed by atoms with Crippen LogP contribution >= 0.6 is 31.9 Å². The molecule has 0 heterocycles. The number of benzene rings is 2. The molecule has 2 aromatic carbocycles. The highest BCUT2D eigenvalue weighted by Gasteiger charge is 2.08. The lowest BCUT2D eigenvalue weighted by molar-refractivity contribution is 0.215. The van der Waals surface area contributed by atoms with Gasteiger partial charge in [-0.2, -0.15) is 0 Å². The maximum absolute atomic E-state index is 5.96. The van der Waals surface area contributed by atoms with Crippen LogP contribution in [0.3, 0.4) is 0 Å². The number of ether oxygens (including phenoxy) is 2. The molecular weight excluding hydrogens is 398 g/mol. The molecule has 0 saturated carbocycles. The molecule has 0 fully saturated rings. The van der Waals surface area contributed by atoms with Crippen LogP contribution in [0.1, 0.15) is 18.5 Å². The molecule has 5 heteroatoms. The second-order valence-corrected chi connectivity index (χ2v) is 6.46. The summed E-state index contributed by atoms with van der Waals surface area (Å²) in [5.41, 5.74) is 6.94. The summed E-state index contributed by atoms with van der Waals surface area (Å²) >= 11 is 6.85. The van der Waals surface area contributed by atoms with Crippen molar-refractivity contribution in [1.29, 1.82) is 0 Å².